The van der Waals surface area contributed by atoms with E-state index in [0.717, 1.165) is 37.2 Å². The molecule has 7 heteroatoms. The molecular formula is C14H22N6O. The normalized spacial score (nSPS) is 12.3. The van der Waals surface area contributed by atoms with Crippen LogP contribution in [0, 0.1) is 0 Å². The van der Waals surface area contributed by atoms with E-state index in [1.807, 2.05) is 18.3 Å². The van der Waals surface area contributed by atoms with Crippen LogP contribution >= 0.6 is 0 Å². The van der Waals surface area contributed by atoms with Crippen molar-refractivity contribution in [2.75, 3.05) is 13.7 Å². The molecule has 0 spiro atoms. The van der Waals surface area contributed by atoms with Gasteiger partial charge in [0.2, 0.25) is 5.88 Å². The maximum Gasteiger partial charge on any atom is 0.212 e. The Hall–Kier alpha value is -2.02. The number of aryl methyl sites for hydroxylation is 1. The minimum atomic E-state index is 0.268. The summed E-state index contributed by atoms with van der Waals surface area (Å²) >= 11 is 0. The Morgan fingerprint density at radius 1 is 1.33 bits per heavy atom. The highest BCUT2D eigenvalue weighted by atomic mass is 16.5. The molecule has 2 aromatic rings. The molecule has 7 nitrogen and oxygen atoms in total. The van der Waals surface area contributed by atoms with Crippen molar-refractivity contribution in [3.63, 3.8) is 0 Å². The molecule has 1 atom stereocenters. The molecule has 1 N–H and O–H groups in total. The number of rotatable bonds is 8. The van der Waals surface area contributed by atoms with Gasteiger partial charge in [0.25, 0.3) is 0 Å². The first-order chi connectivity index (χ1) is 10.2. The molecule has 0 amide bonds. The molecule has 2 rings (SSSR count). The average Bonchev–Trinajstić information content (AvgIpc) is 2.90. The second-order valence-corrected chi connectivity index (χ2v) is 4.96. The number of nitrogens with zero attached hydrogens (tertiary/aromatic N) is 5. The fourth-order valence-corrected chi connectivity index (χ4v) is 2.13. The van der Waals surface area contributed by atoms with Crippen LogP contribution in [-0.4, -0.2) is 44.9 Å². The number of nitrogens with one attached hydrogen (secondary N) is 1. The highest BCUT2D eigenvalue weighted by molar-refractivity contribution is 5.18. The molecule has 0 radical (unpaired) electrons. The lowest BCUT2D eigenvalue weighted by Gasteiger charge is -2.17. The zero-order valence-corrected chi connectivity index (χ0v) is 12.8. The number of methoxy groups -OCH3 is 1. The minimum absolute atomic E-state index is 0.268. The quantitative estimate of drug-likeness (QED) is 0.773. The molecule has 1 unspecified atom stereocenters. The Morgan fingerprint density at radius 2 is 2.19 bits per heavy atom. The van der Waals surface area contributed by atoms with Crippen LogP contribution in [0.5, 0.6) is 5.88 Å². The van der Waals surface area contributed by atoms with E-state index in [2.05, 4.69) is 32.6 Å². The van der Waals surface area contributed by atoms with Crippen LogP contribution in [0.3, 0.4) is 0 Å². The van der Waals surface area contributed by atoms with Gasteiger partial charge in [-0.25, -0.2) is 4.98 Å². The van der Waals surface area contributed by atoms with E-state index in [1.54, 1.807) is 14.2 Å². The van der Waals surface area contributed by atoms with Crippen LogP contribution in [0.1, 0.15) is 24.7 Å². The predicted octanol–water partition coefficient (Wildman–Crippen LogP) is 0.767. The average molecular weight is 290 g/mol. The van der Waals surface area contributed by atoms with E-state index in [-0.39, 0.29) is 6.04 Å². The van der Waals surface area contributed by atoms with Gasteiger partial charge in [-0.3, -0.25) is 0 Å². The molecule has 0 aliphatic heterocycles. The lowest BCUT2D eigenvalue weighted by atomic mass is 10.0. The maximum atomic E-state index is 5.08. The second-order valence-electron chi connectivity index (χ2n) is 4.96. The van der Waals surface area contributed by atoms with Gasteiger partial charge in [-0.1, -0.05) is 13.0 Å². The van der Waals surface area contributed by atoms with Crippen molar-refractivity contribution in [3.05, 3.63) is 29.7 Å². The van der Waals surface area contributed by atoms with Crippen LogP contribution in [-0.2, 0) is 19.9 Å². The predicted molar refractivity (Wildman–Crippen MR) is 79.1 cm³/mol. The zero-order chi connectivity index (χ0) is 15.1. The first-order valence-electron chi connectivity index (χ1n) is 7.16. The molecule has 0 aliphatic rings. The summed E-state index contributed by atoms with van der Waals surface area (Å²) in [6, 6.07) is 4.19. The van der Waals surface area contributed by atoms with E-state index >= 15 is 0 Å². The zero-order valence-electron chi connectivity index (χ0n) is 12.8. The third kappa shape index (κ3) is 4.78. The molecular weight excluding hydrogens is 268 g/mol. The molecule has 0 aliphatic carbocycles. The molecule has 21 heavy (non-hydrogen) atoms. The van der Waals surface area contributed by atoms with Gasteiger partial charge in [-0.05, 0) is 30.2 Å². The molecule has 0 bridgehead atoms. The van der Waals surface area contributed by atoms with Crippen LogP contribution < -0.4 is 10.1 Å². The van der Waals surface area contributed by atoms with Crippen molar-refractivity contribution in [2.45, 2.75) is 32.2 Å². The summed E-state index contributed by atoms with van der Waals surface area (Å²) < 4.78 is 5.08. The molecule has 0 aromatic carbocycles. The van der Waals surface area contributed by atoms with Gasteiger partial charge in [0, 0.05) is 24.7 Å². The third-order valence-electron chi connectivity index (χ3n) is 3.15. The standard InChI is InChI=1S/C14H22N6O/c1-4-7-15-12(9-13-17-19-20(2)18-13)8-11-5-6-14(21-3)16-10-11/h5-6,10,12,15H,4,7-9H2,1-3H3. The Balaban J connectivity index is 2.00. The SMILES string of the molecule is CCCNC(Cc1ccc(OC)nc1)Cc1nnn(C)n1. The molecule has 114 valence electrons. The van der Waals surface area contributed by atoms with Crippen LogP contribution in [0.15, 0.2) is 18.3 Å². The summed E-state index contributed by atoms with van der Waals surface area (Å²) in [5.41, 5.74) is 1.16. The van der Waals surface area contributed by atoms with Crippen LogP contribution in [0.25, 0.3) is 0 Å². The maximum absolute atomic E-state index is 5.08. The summed E-state index contributed by atoms with van der Waals surface area (Å²) in [4.78, 5) is 5.73. The number of tetrazole rings is 1. The molecule has 2 aromatic heterocycles. The van der Waals surface area contributed by atoms with Gasteiger partial charge < -0.3 is 10.1 Å². The van der Waals surface area contributed by atoms with Gasteiger partial charge >= 0.3 is 0 Å². The topological polar surface area (TPSA) is 77.8 Å². The summed E-state index contributed by atoms with van der Waals surface area (Å²) in [6.07, 6.45) is 4.56. The molecule has 0 saturated heterocycles. The molecule has 0 saturated carbocycles. The largest absolute Gasteiger partial charge is 0.481 e. The van der Waals surface area contributed by atoms with Crippen molar-refractivity contribution in [1.82, 2.24) is 30.5 Å². The third-order valence-corrected chi connectivity index (χ3v) is 3.15. The summed E-state index contributed by atoms with van der Waals surface area (Å²) in [6.45, 7) is 3.12. The lowest BCUT2D eigenvalue weighted by molar-refractivity contribution is 0.397. The van der Waals surface area contributed by atoms with Gasteiger partial charge in [0.15, 0.2) is 5.82 Å². The van der Waals surface area contributed by atoms with E-state index in [9.17, 15) is 0 Å². The first-order valence-corrected chi connectivity index (χ1v) is 7.16. The van der Waals surface area contributed by atoms with E-state index in [1.165, 1.54) is 4.80 Å². The number of hydrogen-bond donors (Lipinski definition) is 1. The fourth-order valence-electron chi connectivity index (χ4n) is 2.13. The van der Waals surface area contributed by atoms with Crippen molar-refractivity contribution < 1.29 is 4.74 Å². The monoisotopic (exact) mass is 290 g/mol. The summed E-state index contributed by atoms with van der Waals surface area (Å²) in [5.74, 6) is 1.39. The van der Waals surface area contributed by atoms with E-state index < -0.39 is 0 Å². The number of hydrogen-bond acceptors (Lipinski definition) is 6. The van der Waals surface area contributed by atoms with E-state index in [4.69, 9.17) is 4.74 Å². The Bertz CT molecular complexity index is 539. The minimum Gasteiger partial charge on any atom is -0.481 e. The van der Waals surface area contributed by atoms with Gasteiger partial charge in [0.1, 0.15) is 0 Å². The van der Waals surface area contributed by atoms with E-state index in [0.29, 0.717) is 5.88 Å². The number of pyridine rings is 1. The Kier molecular flexibility index (Phi) is 5.62. The summed E-state index contributed by atoms with van der Waals surface area (Å²) in [7, 11) is 3.39. The van der Waals surface area contributed by atoms with Crippen LogP contribution in [0.4, 0.5) is 0 Å². The highest BCUT2D eigenvalue weighted by Crippen LogP contribution is 2.10. The van der Waals surface area contributed by atoms with Crippen molar-refractivity contribution >= 4 is 0 Å². The van der Waals surface area contributed by atoms with Gasteiger partial charge in [-0.2, -0.15) is 4.80 Å². The van der Waals surface area contributed by atoms with Crippen LogP contribution in [0.2, 0.25) is 0 Å². The summed E-state index contributed by atoms with van der Waals surface area (Å²) in [5, 5.41) is 15.7. The number of aromatic nitrogens is 5. The van der Waals surface area contributed by atoms with Crippen molar-refractivity contribution in [2.24, 2.45) is 7.05 Å². The van der Waals surface area contributed by atoms with Crippen molar-refractivity contribution in [3.8, 4) is 5.88 Å². The fraction of sp³-hybridized carbons (Fsp3) is 0.571. The molecule has 2 heterocycles. The Morgan fingerprint density at radius 3 is 2.76 bits per heavy atom. The smallest absolute Gasteiger partial charge is 0.212 e. The van der Waals surface area contributed by atoms with Crippen molar-refractivity contribution in [1.29, 1.82) is 0 Å². The lowest BCUT2D eigenvalue weighted by Crippen LogP contribution is -2.34. The highest BCUT2D eigenvalue weighted by Gasteiger charge is 2.13. The number of ether oxygens (including phenoxy) is 1. The van der Waals surface area contributed by atoms with Gasteiger partial charge in [-0.15, -0.1) is 10.2 Å². The Labute approximate surface area is 124 Å². The van der Waals surface area contributed by atoms with Gasteiger partial charge in [0.05, 0.1) is 14.2 Å². The first kappa shape index (κ1) is 15.4. The second kappa shape index (κ2) is 7.68. The molecule has 0 fully saturated rings.